The zero-order chi connectivity index (χ0) is 13.5. The molecule has 0 aliphatic carbocycles. The van der Waals surface area contributed by atoms with Crippen LogP contribution in [0.4, 0.5) is 10.1 Å². The standard InChI is InChI=1S/C16H25FN2/c1-2-19(16-10-4-3-9-15(16)17)12-6-8-14-7-5-11-18-13-14/h3-4,9-10,14,18H,2,5-8,11-13H2,1H3. The van der Waals surface area contributed by atoms with E-state index in [-0.39, 0.29) is 5.82 Å². The van der Waals surface area contributed by atoms with Crippen molar-refractivity contribution in [3.05, 3.63) is 30.1 Å². The van der Waals surface area contributed by atoms with Gasteiger partial charge in [-0.3, -0.25) is 0 Å². The fourth-order valence-electron chi connectivity index (χ4n) is 2.90. The van der Waals surface area contributed by atoms with Gasteiger partial charge in [-0.05, 0) is 63.7 Å². The van der Waals surface area contributed by atoms with Gasteiger partial charge < -0.3 is 10.2 Å². The summed E-state index contributed by atoms with van der Waals surface area (Å²) in [5.74, 6) is 0.705. The molecule has 2 rings (SSSR count). The van der Waals surface area contributed by atoms with Gasteiger partial charge in [0.15, 0.2) is 0 Å². The molecule has 0 aromatic heterocycles. The van der Waals surface area contributed by atoms with Gasteiger partial charge in [0.25, 0.3) is 0 Å². The third kappa shape index (κ3) is 4.20. The highest BCUT2D eigenvalue weighted by atomic mass is 19.1. The zero-order valence-electron chi connectivity index (χ0n) is 11.9. The maximum atomic E-state index is 13.8. The van der Waals surface area contributed by atoms with Gasteiger partial charge in [0.2, 0.25) is 0 Å². The second-order valence-corrected chi connectivity index (χ2v) is 5.39. The molecule has 1 heterocycles. The summed E-state index contributed by atoms with van der Waals surface area (Å²) in [5.41, 5.74) is 0.742. The summed E-state index contributed by atoms with van der Waals surface area (Å²) in [6, 6.07) is 7.08. The Morgan fingerprint density at radius 3 is 2.89 bits per heavy atom. The topological polar surface area (TPSA) is 15.3 Å². The molecule has 1 aliphatic heterocycles. The maximum absolute atomic E-state index is 13.8. The smallest absolute Gasteiger partial charge is 0.146 e. The Morgan fingerprint density at radius 1 is 1.37 bits per heavy atom. The van der Waals surface area contributed by atoms with Gasteiger partial charge in [-0.1, -0.05) is 12.1 Å². The second-order valence-electron chi connectivity index (χ2n) is 5.39. The van der Waals surface area contributed by atoms with Crippen LogP contribution in [0.3, 0.4) is 0 Å². The Bertz CT molecular complexity index is 375. The van der Waals surface area contributed by atoms with E-state index in [1.54, 1.807) is 12.1 Å². The Labute approximate surface area is 116 Å². The van der Waals surface area contributed by atoms with Crippen LogP contribution < -0.4 is 10.2 Å². The van der Waals surface area contributed by atoms with E-state index in [0.29, 0.717) is 0 Å². The lowest BCUT2D eigenvalue weighted by atomic mass is 9.94. The van der Waals surface area contributed by atoms with E-state index in [4.69, 9.17) is 0 Å². The minimum atomic E-state index is -0.108. The van der Waals surface area contributed by atoms with E-state index in [9.17, 15) is 4.39 Å². The predicted molar refractivity (Wildman–Crippen MR) is 79.1 cm³/mol. The first-order valence-corrected chi connectivity index (χ1v) is 7.51. The van der Waals surface area contributed by atoms with Crippen molar-refractivity contribution in [2.75, 3.05) is 31.1 Å². The number of nitrogens with zero attached hydrogens (tertiary/aromatic N) is 1. The number of benzene rings is 1. The summed E-state index contributed by atoms with van der Waals surface area (Å²) < 4.78 is 13.8. The summed E-state index contributed by atoms with van der Waals surface area (Å²) in [5, 5.41) is 3.45. The minimum absolute atomic E-state index is 0.108. The van der Waals surface area contributed by atoms with Crippen molar-refractivity contribution in [2.45, 2.75) is 32.6 Å². The van der Waals surface area contributed by atoms with Gasteiger partial charge >= 0.3 is 0 Å². The highest BCUT2D eigenvalue weighted by Gasteiger charge is 2.14. The average Bonchev–Trinajstić information content (AvgIpc) is 2.46. The zero-order valence-corrected chi connectivity index (χ0v) is 11.9. The van der Waals surface area contributed by atoms with Crippen LogP contribution in [0.1, 0.15) is 32.6 Å². The van der Waals surface area contributed by atoms with Crippen molar-refractivity contribution < 1.29 is 4.39 Å². The van der Waals surface area contributed by atoms with Gasteiger partial charge in [0.1, 0.15) is 5.82 Å². The molecule has 3 heteroatoms. The lowest BCUT2D eigenvalue weighted by Crippen LogP contribution is -2.31. The normalized spacial score (nSPS) is 19.4. The second kappa shape index (κ2) is 7.49. The lowest BCUT2D eigenvalue weighted by molar-refractivity contribution is 0.351. The molecular weight excluding hydrogens is 239 g/mol. The van der Waals surface area contributed by atoms with E-state index < -0.39 is 0 Å². The molecule has 1 aromatic carbocycles. The lowest BCUT2D eigenvalue weighted by Gasteiger charge is -2.26. The van der Waals surface area contributed by atoms with Crippen LogP contribution >= 0.6 is 0 Å². The molecule has 0 radical (unpaired) electrons. The minimum Gasteiger partial charge on any atom is -0.369 e. The molecule has 0 saturated carbocycles. The average molecular weight is 264 g/mol. The van der Waals surface area contributed by atoms with Crippen LogP contribution in [0.5, 0.6) is 0 Å². The first kappa shape index (κ1) is 14.3. The summed E-state index contributed by atoms with van der Waals surface area (Å²) in [6.07, 6.45) is 5.04. The van der Waals surface area contributed by atoms with Gasteiger partial charge in [-0.25, -0.2) is 4.39 Å². The number of hydrogen-bond acceptors (Lipinski definition) is 2. The third-order valence-corrected chi connectivity index (χ3v) is 4.01. The molecule has 1 atom stereocenters. The van der Waals surface area contributed by atoms with Crippen LogP contribution in [0.2, 0.25) is 0 Å². The molecule has 106 valence electrons. The highest BCUT2D eigenvalue weighted by Crippen LogP contribution is 2.21. The number of hydrogen-bond donors (Lipinski definition) is 1. The highest BCUT2D eigenvalue weighted by molar-refractivity contribution is 5.47. The van der Waals surface area contributed by atoms with Crippen LogP contribution in [0.15, 0.2) is 24.3 Å². The van der Waals surface area contributed by atoms with E-state index in [0.717, 1.165) is 37.7 Å². The number of halogens is 1. The largest absolute Gasteiger partial charge is 0.369 e. The van der Waals surface area contributed by atoms with E-state index in [1.165, 1.54) is 25.8 Å². The maximum Gasteiger partial charge on any atom is 0.146 e. The molecule has 0 spiro atoms. The van der Waals surface area contributed by atoms with Crippen molar-refractivity contribution in [3.8, 4) is 0 Å². The summed E-state index contributed by atoms with van der Waals surface area (Å²) in [7, 11) is 0. The fourth-order valence-corrected chi connectivity index (χ4v) is 2.90. The summed E-state index contributed by atoms with van der Waals surface area (Å²) >= 11 is 0. The quantitative estimate of drug-likeness (QED) is 0.847. The molecule has 1 N–H and O–H groups in total. The Morgan fingerprint density at radius 2 is 2.21 bits per heavy atom. The molecule has 19 heavy (non-hydrogen) atoms. The Balaban J connectivity index is 1.81. The first-order chi connectivity index (χ1) is 9.31. The van der Waals surface area contributed by atoms with Crippen molar-refractivity contribution in [1.82, 2.24) is 5.32 Å². The van der Waals surface area contributed by atoms with Crippen molar-refractivity contribution in [2.24, 2.45) is 5.92 Å². The molecule has 1 aromatic rings. The van der Waals surface area contributed by atoms with Gasteiger partial charge in [-0.15, -0.1) is 0 Å². The summed E-state index contributed by atoms with van der Waals surface area (Å²) in [6.45, 7) is 6.24. The van der Waals surface area contributed by atoms with Crippen LogP contribution in [0, 0.1) is 11.7 Å². The van der Waals surface area contributed by atoms with E-state index in [2.05, 4.69) is 17.1 Å². The van der Waals surface area contributed by atoms with Crippen LogP contribution in [-0.2, 0) is 0 Å². The van der Waals surface area contributed by atoms with Crippen molar-refractivity contribution in [1.29, 1.82) is 0 Å². The Kier molecular flexibility index (Phi) is 5.64. The molecule has 1 aliphatic rings. The SMILES string of the molecule is CCN(CCCC1CCCNC1)c1ccccc1F. The van der Waals surface area contributed by atoms with Crippen molar-refractivity contribution >= 4 is 5.69 Å². The monoisotopic (exact) mass is 264 g/mol. The summed E-state index contributed by atoms with van der Waals surface area (Å²) in [4.78, 5) is 2.14. The Hall–Kier alpha value is -1.09. The molecular formula is C16H25FN2. The van der Waals surface area contributed by atoms with E-state index in [1.807, 2.05) is 12.1 Å². The fraction of sp³-hybridized carbons (Fsp3) is 0.625. The third-order valence-electron chi connectivity index (χ3n) is 4.01. The number of rotatable bonds is 6. The molecule has 0 amide bonds. The molecule has 1 unspecified atom stereocenters. The number of para-hydroxylation sites is 1. The van der Waals surface area contributed by atoms with Gasteiger partial charge in [-0.2, -0.15) is 0 Å². The van der Waals surface area contributed by atoms with Crippen molar-refractivity contribution in [3.63, 3.8) is 0 Å². The molecule has 0 bridgehead atoms. The molecule has 2 nitrogen and oxygen atoms in total. The van der Waals surface area contributed by atoms with Crippen LogP contribution in [0.25, 0.3) is 0 Å². The van der Waals surface area contributed by atoms with E-state index >= 15 is 0 Å². The first-order valence-electron chi connectivity index (χ1n) is 7.51. The number of piperidine rings is 1. The predicted octanol–water partition coefficient (Wildman–Crippen LogP) is 3.43. The van der Waals surface area contributed by atoms with Gasteiger partial charge in [0, 0.05) is 13.1 Å². The number of nitrogens with one attached hydrogen (secondary N) is 1. The molecule has 1 fully saturated rings. The molecule has 1 saturated heterocycles. The van der Waals surface area contributed by atoms with Gasteiger partial charge in [0.05, 0.1) is 5.69 Å². The number of anilines is 1. The van der Waals surface area contributed by atoms with Crippen LogP contribution in [-0.4, -0.2) is 26.2 Å².